The highest BCUT2D eigenvalue weighted by Crippen LogP contribution is 2.28. The molecule has 0 spiro atoms. The Labute approximate surface area is 161 Å². The molecule has 0 radical (unpaired) electrons. The molecule has 6 nitrogen and oxygen atoms in total. The molecule has 0 saturated heterocycles. The van der Waals surface area contributed by atoms with Crippen LogP contribution in [0.3, 0.4) is 0 Å². The summed E-state index contributed by atoms with van der Waals surface area (Å²) in [6, 6.07) is 8.44. The van der Waals surface area contributed by atoms with Gasteiger partial charge in [-0.2, -0.15) is 0 Å². The van der Waals surface area contributed by atoms with Gasteiger partial charge in [-0.05, 0) is 50.2 Å². The fourth-order valence-corrected chi connectivity index (χ4v) is 2.39. The Bertz CT molecular complexity index is 842. The first-order valence-electron chi connectivity index (χ1n) is 8.16. The molecule has 0 aliphatic rings. The van der Waals surface area contributed by atoms with Crippen molar-refractivity contribution >= 4 is 29.1 Å². The van der Waals surface area contributed by atoms with Crippen LogP contribution in [0.5, 0.6) is 11.5 Å². The molecule has 0 aromatic heterocycles. The van der Waals surface area contributed by atoms with E-state index < -0.39 is 11.7 Å². The number of carbonyl (C=O) groups excluding carboxylic acids is 2. The average Bonchev–Trinajstić information content (AvgIpc) is 2.62. The maximum Gasteiger partial charge on any atom is 0.258 e. The van der Waals surface area contributed by atoms with Crippen molar-refractivity contribution in [2.75, 3.05) is 19.0 Å². The molecule has 27 heavy (non-hydrogen) atoms. The lowest BCUT2D eigenvalue weighted by Crippen LogP contribution is -2.34. The van der Waals surface area contributed by atoms with Crippen LogP contribution in [-0.2, 0) is 4.79 Å². The Morgan fingerprint density at radius 1 is 1.15 bits per heavy atom. The zero-order valence-corrected chi connectivity index (χ0v) is 15.9. The number of benzene rings is 2. The second-order valence-corrected chi connectivity index (χ2v) is 6.37. The normalized spacial score (nSPS) is 10.4. The van der Waals surface area contributed by atoms with Gasteiger partial charge in [-0.3, -0.25) is 9.59 Å². The van der Waals surface area contributed by atoms with Gasteiger partial charge in [-0.15, -0.1) is 0 Å². The van der Waals surface area contributed by atoms with Gasteiger partial charge in [0, 0.05) is 17.3 Å². The minimum Gasteiger partial charge on any atom is -0.493 e. The number of hydrogen-bond acceptors (Lipinski definition) is 4. The molecule has 8 heteroatoms. The molecule has 0 saturated carbocycles. The van der Waals surface area contributed by atoms with Gasteiger partial charge in [0.2, 0.25) is 0 Å². The third-order valence-corrected chi connectivity index (χ3v) is 3.70. The lowest BCUT2D eigenvalue weighted by molar-refractivity contribution is -0.123. The molecule has 2 aromatic rings. The topological polar surface area (TPSA) is 76.7 Å². The maximum atomic E-state index is 13.2. The van der Waals surface area contributed by atoms with Crippen LogP contribution in [0, 0.1) is 5.82 Å². The highest BCUT2D eigenvalue weighted by Gasteiger charge is 2.13. The summed E-state index contributed by atoms with van der Waals surface area (Å²) in [4.78, 5) is 24.0. The van der Waals surface area contributed by atoms with Crippen LogP contribution in [0.2, 0.25) is 5.02 Å². The van der Waals surface area contributed by atoms with E-state index in [1.165, 1.54) is 37.4 Å². The summed E-state index contributed by atoms with van der Waals surface area (Å²) in [6.07, 6.45) is 0. The van der Waals surface area contributed by atoms with Gasteiger partial charge >= 0.3 is 0 Å². The average molecular weight is 395 g/mol. The largest absolute Gasteiger partial charge is 0.493 e. The number of carbonyl (C=O) groups is 2. The fourth-order valence-electron chi connectivity index (χ4n) is 2.21. The van der Waals surface area contributed by atoms with E-state index in [1.54, 1.807) is 0 Å². The predicted molar refractivity (Wildman–Crippen MR) is 101 cm³/mol. The van der Waals surface area contributed by atoms with E-state index in [2.05, 4.69) is 10.6 Å². The van der Waals surface area contributed by atoms with Gasteiger partial charge in [0.05, 0.1) is 12.1 Å². The molecule has 2 N–H and O–H groups in total. The molecule has 2 amide bonds. The standard InChI is InChI=1S/C19H20ClFN2O4/c1-11(2)22-18(24)10-27-16-7-4-12(8-17(16)26-3)19(25)23-13-5-6-15(21)14(20)9-13/h4-9,11H,10H2,1-3H3,(H,22,24)(H,23,25). The SMILES string of the molecule is COc1cc(C(=O)Nc2ccc(F)c(Cl)c2)ccc1OCC(=O)NC(C)C. The van der Waals surface area contributed by atoms with E-state index in [9.17, 15) is 14.0 Å². The first-order valence-corrected chi connectivity index (χ1v) is 8.54. The van der Waals surface area contributed by atoms with E-state index in [4.69, 9.17) is 21.1 Å². The Morgan fingerprint density at radius 3 is 2.52 bits per heavy atom. The Balaban J connectivity index is 2.08. The van der Waals surface area contributed by atoms with E-state index >= 15 is 0 Å². The zero-order valence-electron chi connectivity index (χ0n) is 15.1. The minimum absolute atomic E-state index is 0.00836. The molecular weight excluding hydrogens is 375 g/mol. The predicted octanol–water partition coefficient (Wildman–Crippen LogP) is 3.64. The number of methoxy groups -OCH3 is 1. The second kappa shape index (κ2) is 9.23. The molecule has 144 valence electrons. The lowest BCUT2D eigenvalue weighted by atomic mass is 10.2. The highest BCUT2D eigenvalue weighted by atomic mass is 35.5. The van der Waals surface area contributed by atoms with E-state index in [0.717, 1.165) is 6.07 Å². The van der Waals surface area contributed by atoms with Crippen LogP contribution in [-0.4, -0.2) is 31.6 Å². The van der Waals surface area contributed by atoms with Crippen LogP contribution in [0.1, 0.15) is 24.2 Å². The number of amides is 2. The summed E-state index contributed by atoms with van der Waals surface area (Å²) in [5.74, 6) is -0.628. The minimum atomic E-state index is -0.570. The van der Waals surface area contributed by atoms with Crippen molar-refractivity contribution in [3.63, 3.8) is 0 Å². The van der Waals surface area contributed by atoms with E-state index in [0.29, 0.717) is 22.7 Å². The summed E-state index contributed by atoms with van der Waals surface area (Å²) in [5, 5.41) is 5.24. The number of rotatable bonds is 7. The zero-order chi connectivity index (χ0) is 20.0. The summed E-state index contributed by atoms with van der Waals surface area (Å²) >= 11 is 5.71. The van der Waals surface area contributed by atoms with Crippen molar-refractivity contribution in [2.24, 2.45) is 0 Å². The molecule has 2 aromatic carbocycles. The Kier molecular flexibility index (Phi) is 7.01. The Hall–Kier alpha value is -2.80. The molecule has 0 bridgehead atoms. The summed E-state index contributed by atoms with van der Waals surface area (Å²) in [7, 11) is 1.43. The van der Waals surface area contributed by atoms with Gasteiger partial charge in [0.15, 0.2) is 18.1 Å². The highest BCUT2D eigenvalue weighted by molar-refractivity contribution is 6.31. The van der Waals surface area contributed by atoms with Gasteiger partial charge in [-0.25, -0.2) is 4.39 Å². The summed E-state index contributed by atoms with van der Waals surface area (Å²) in [5.41, 5.74) is 0.655. The van der Waals surface area contributed by atoms with Crippen molar-refractivity contribution in [1.29, 1.82) is 0 Å². The lowest BCUT2D eigenvalue weighted by Gasteiger charge is -2.13. The number of halogens is 2. The smallest absolute Gasteiger partial charge is 0.258 e. The van der Waals surface area contributed by atoms with Crippen molar-refractivity contribution in [3.8, 4) is 11.5 Å². The van der Waals surface area contributed by atoms with Crippen molar-refractivity contribution in [2.45, 2.75) is 19.9 Å². The first kappa shape index (κ1) is 20.5. The molecule has 0 aliphatic carbocycles. The van der Waals surface area contributed by atoms with Crippen LogP contribution >= 0.6 is 11.6 Å². The monoisotopic (exact) mass is 394 g/mol. The van der Waals surface area contributed by atoms with Gasteiger partial charge < -0.3 is 20.1 Å². The molecule has 0 atom stereocenters. The van der Waals surface area contributed by atoms with Gasteiger partial charge in [0.25, 0.3) is 11.8 Å². The van der Waals surface area contributed by atoms with Crippen LogP contribution < -0.4 is 20.1 Å². The number of anilines is 1. The van der Waals surface area contributed by atoms with Crippen LogP contribution in [0.25, 0.3) is 0 Å². The van der Waals surface area contributed by atoms with Crippen molar-refractivity contribution in [3.05, 3.63) is 52.8 Å². The van der Waals surface area contributed by atoms with Gasteiger partial charge in [-0.1, -0.05) is 11.6 Å². The number of ether oxygens (including phenoxy) is 2. The molecule has 0 fully saturated rings. The van der Waals surface area contributed by atoms with E-state index in [1.807, 2.05) is 13.8 Å². The quantitative estimate of drug-likeness (QED) is 0.751. The molecule has 0 heterocycles. The summed E-state index contributed by atoms with van der Waals surface area (Å²) in [6.45, 7) is 3.52. The third-order valence-electron chi connectivity index (χ3n) is 3.41. The number of nitrogens with one attached hydrogen (secondary N) is 2. The van der Waals surface area contributed by atoms with Crippen molar-refractivity contribution in [1.82, 2.24) is 5.32 Å². The molecular formula is C19H20ClFN2O4. The second-order valence-electron chi connectivity index (χ2n) is 5.96. The van der Waals surface area contributed by atoms with Gasteiger partial charge in [0.1, 0.15) is 5.82 Å². The molecule has 0 unspecified atom stereocenters. The van der Waals surface area contributed by atoms with Crippen molar-refractivity contribution < 1.29 is 23.5 Å². The third kappa shape index (κ3) is 5.86. The number of hydrogen-bond donors (Lipinski definition) is 2. The first-order chi connectivity index (χ1) is 12.8. The Morgan fingerprint density at radius 2 is 1.89 bits per heavy atom. The summed E-state index contributed by atoms with van der Waals surface area (Å²) < 4.78 is 23.9. The van der Waals surface area contributed by atoms with Crippen LogP contribution in [0.4, 0.5) is 10.1 Å². The molecule has 0 aliphatic heterocycles. The van der Waals surface area contributed by atoms with Crippen LogP contribution in [0.15, 0.2) is 36.4 Å². The fraction of sp³-hybridized carbons (Fsp3) is 0.263. The van der Waals surface area contributed by atoms with E-state index in [-0.39, 0.29) is 23.6 Å². The maximum absolute atomic E-state index is 13.2. The molecule has 2 rings (SSSR count).